The molecule has 1 aliphatic heterocycles. The number of urea groups is 1. The smallest absolute Gasteiger partial charge is 0.323 e. The molecule has 1 aromatic rings. The summed E-state index contributed by atoms with van der Waals surface area (Å²) in [7, 11) is 0. The third kappa shape index (κ3) is 3.09. The average molecular weight is 280 g/mol. The number of piperidine rings is 1. The van der Waals surface area contributed by atoms with Crippen molar-refractivity contribution in [1.29, 1.82) is 0 Å². The predicted molar refractivity (Wildman–Crippen MR) is 73.4 cm³/mol. The summed E-state index contributed by atoms with van der Waals surface area (Å²) in [5.41, 5.74) is 0. The molecule has 0 aromatic carbocycles. The van der Waals surface area contributed by atoms with Gasteiger partial charge in [0, 0.05) is 25.7 Å². The number of carboxylic acid groups (broad SMARTS) is 1. The number of carbonyl (C=O) groups excluding carboxylic acids is 1. The Kier molecular flexibility index (Phi) is 4.26. The summed E-state index contributed by atoms with van der Waals surface area (Å²) in [6.07, 6.45) is 2.24. The minimum absolute atomic E-state index is 0.187. The van der Waals surface area contributed by atoms with Gasteiger partial charge in [-0.05, 0) is 19.3 Å². The maximum atomic E-state index is 12.2. The molecule has 1 fully saturated rings. The van der Waals surface area contributed by atoms with Crippen molar-refractivity contribution in [3.05, 3.63) is 12.3 Å². The van der Waals surface area contributed by atoms with Gasteiger partial charge >= 0.3 is 12.0 Å². The fourth-order valence-corrected chi connectivity index (χ4v) is 2.58. The highest BCUT2D eigenvalue weighted by Crippen LogP contribution is 2.22. The lowest BCUT2D eigenvalue weighted by molar-refractivity contribution is -0.143. The summed E-state index contributed by atoms with van der Waals surface area (Å²) in [5.74, 6) is -0.511. The van der Waals surface area contributed by atoms with E-state index in [0.717, 1.165) is 0 Å². The molecule has 1 aliphatic rings. The first-order valence-electron chi connectivity index (χ1n) is 6.81. The second-order valence-corrected chi connectivity index (χ2v) is 5.24. The van der Waals surface area contributed by atoms with E-state index in [4.69, 9.17) is 5.11 Å². The number of anilines is 1. The fraction of sp³-hybridized carbons (Fsp3) is 0.615. The van der Waals surface area contributed by atoms with Crippen LogP contribution in [-0.2, 0) is 11.3 Å². The van der Waals surface area contributed by atoms with Gasteiger partial charge in [0.2, 0.25) is 0 Å². The van der Waals surface area contributed by atoms with Crippen LogP contribution in [-0.4, -0.2) is 44.9 Å². The highest BCUT2D eigenvalue weighted by atomic mass is 16.4. The van der Waals surface area contributed by atoms with Gasteiger partial charge in [-0.15, -0.1) is 0 Å². The van der Waals surface area contributed by atoms with E-state index in [1.54, 1.807) is 21.8 Å². The van der Waals surface area contributed by atoms with Crippen LogP contribution in [0, 0.1) is 11.8 Å². The molecular formula is C13H20N4O3. The Morgan fingerprint density at radius 2 is 2.25 bits per heavy atom. The summed E-state index contributed by atoms with van der Waals surface area (Å²) < 4.78 is 1.68. The van der Waals surface area contributed by atoms with Crippen LogP contribution in [0.3, 0.4) is 0 Å². The number of rotatable bonds is 3. The zero-order chi connectivity index (χ0) is 14.7. The first kappa shape index (κ1) is 14.4. The van der Waals surface area contributed by atoms with Crippen LogP contribution in [0.4, 0.5) is 10.6 Å². The van der Waals surface area contributed by atoms with Gasteiger partial charge in [-0.2, -0.15) is 5.10 Å². The van der Waals surface area contributed by atoms with Crippen molar-refractivity contribution < 1.29 is 14.7 Å². The second-order valence-electron chi connectivity index (χ2n) is 5.24. The molecule has 1 aromatic heterocycles. The van der Waals surface area contributed by atoms with E-state index in [0.29, 0.717) is 25.3 Å². The minimum Gasteiger partial charge on any atom is -0.481 e. The maximum Gasteiger partial charge on any atom is 0.323 e. The lowest BCUT2D eigenvalue weighted by atomic mass is 9.91. The zero-order valence-corrected chi connectivity index (χ0v) is 11.7. The van der Waals surface area contributed by atoms with Crippen LogP contribution in [0.1, 0.15) is 20.3 Å². The highest BCUT2D eigenvalue weighted by molar-refractivity contribution is 5.88. The molecule has 2 N–H and O–H groups in total. The average Bonchev–Trinajstić information content (AvgIpc) is 2.85. The SMILES string of the molecule is CCn1nccc1NC(=O)N1CC(C)CC(C(=O)O)C1. The number of aliphatic carboxylic acids is 1. The van der Waals surface area contributed by atoms with Gasteiger partial charge in [-0.1, -0.05) is 6.92 Å². The first-order valence-corrected chi connectivity index (χ1v) is 6.81. The Balaban J connectivity index is 2.03. The third-order valence-corrected chi connectivity index (χ3v) is 3.55. The van der Waals surface area contributed by atoms with Gasteiger partial charge in [-0.3, -0.25) is 10.1 Å². The molecule has 2 amide bonds. The number of amides is 2. The standard InChI is InChI=1S/C13H20N4O3/c1-3-17-11(4-5-14-17)15-13(20)16-7-9(2)6-10(8-16)12(18)19/h4-5,9-10H,3,6-8H2,1-2H3,(H,15,20)(H,18,19). The molecule has 2 unspecified atom stereocenters. The number of carboxylic acids is 1. The van der Waals surface area contributed by atoms with Crippen LogP contribution in [0.2, 0.25) is 0 Å². The van der Waals surface area contributed by atoms with Crippen molar-refractivity contribution >= 4 is 17.8 Å². The summed E-state index contributed by atoms with van der Waals surface area (Å²) in [6, 6.07) is 1.46. The molecule has 0 bridgehead atoms. The Labute approximate surface area is 117 Å². The van der Waals surface area contributed by atoms with Crippen molar-refractivity contribution in [3.8, 4) is 0 Å². The fourth-order valence-electron chi connectivity index (χ4n) is 2.58. The van der Waals surface area contributed by atoms with Crippen LogP contribution < -0.4 is 5.32 Å². The van der Waals surface area contributed by atoms with Crippen LogP contribution in [0.15, 0.2) is 12.3 Å². The van der Waals surface area contributed by atoms with Gasteiger partial charge in [0.15, 0.2) is 0 Å². The Morgan fingerprint density at radius 1 is 1.50 bits per heavy atom. The number of nitrogens with one attached hydrogen (secondary N) is 1. The van der Waals surface area contributed by atoms with Crippen molar-refractivity contribution in [2.24, 2.45) is 11.8 Å². The van der Waals surface area contributed by atoms with Crippen molar-refractivity contribution in [1.82, 2.24) is 14.7 Å². The molecule has 2 rings (SSSR count). The molecule has 0 radical (unpaired) electrons. The molecular weight excluding hydrogens is 260 g/mol. The Bertz CT molecular complexity index is 500. The molecule has 2 heterocycles. The second kappa shape index (κ2) is 5.94. The summed E-state index contributed by atoms with van der Waals surface area (Å²) in [5, 5.41) is 16.0. The number of aromatic nitrogens is 2. The van der Waals surface area contributed by atoms with Crippen LogP contribution >= 0.6 is 0 Å². The van der Waals surface area contributed by atoms with Crippen molar-refractivity contribution in [2.75, 3.05) is 18.4 Å². The van der Waals surface area contributed by atoms with E-state index in [-0.39, 0.29) is 18.5 Å². The van der Waals surface area contributed by atoms with Crippen molar-refractivity contribution in [2.45, 2.75) is 26.8 Å². The number of aryl methyl sites for hydroxylation is 1. The highest BCUT2D eigenvalue weighted by Gasteiger charge is 2.32. The van der Waals surface area contributed by atoms with Gasteiger partial charge < -0.3 is 10.0 Å². The van der Waals surface area contributed by atoms with Gasteiger partial charge in [0.05, 0.1) is 12.1 Å². The van der Waals surface area contributed by atoms with E-state index in [1.165, 1.54) is 0 Å². The molecule has 2 atom stereocenters. The molecule has 0 aliphatic carbocycles. The van der Waals surface area contributed by atoms with E-state index >= 15 is 0 Å². The maximum absolute atomic E-state index is 12.2. The molecule has 20 heavy (non-hydrogen) atoms. The van der Waals surface area contributed by atoms with E-state index in [1.807, 2.05) is 13.8 Å². The largest absolute Gasteiger partial charge is 0.481 e. The first-order chi connectivity index (χ1) is 9.51. The predicted octanol–water partition coefficient (Wildman–Crippen LogP) is 1.48. The molecule has 0 spiro atoms. The number of nitrogens with zero attached hydrogens (tertiary/aromatic N) is 3. The van der Waals surface area contributed by atoms with Crippen LogP contribution in [0.25, 0.3) is 0 Å². The van der Waals surface area contributed by atoms with Crippen LogP contribution in [0.5, 0.6) is 0 Å². The number of likely N-dealkylation sites (tertiary alicyclic amines) is 1. The van der Waals surface area contributed by atoms with Gasteiger partial charge in [0.25, 0.3) is 0 Å². The third-order valence-electron chi connectivity index (χ3n) is 3.55. The molecule has 7 heteroatoms. The number of carbonyl (C=O) groups is 2. The lowest BCUT2D eigenvalue weighted by Gasteiger charge is -2.34. The minimum atomic E-state index is -0.840. The summed E-state index contributed by atoms with van der Waals surface area (Å²) in [6.45, 7) is 5.40. The quantitative estimate of drug-likeness (QED) is 0.877. The monoisotopic (exact) mass is 280 g/mol. The summed E-state index contributed by atoms with van der Waals surface area (Å²) in [4.78, 5) is 24.9. The number of hydrogen-bond donors (Lipinski definition) is 2. The molecule has 0 saturated carbocycles. The topological polar surface area (TPSA) is 87.5 Å². The van der Waals surface area contributed by atoms with E-state index < -0.39 is 11.9 Å². The Morgan fingerprint density at radius 3 is 2.90 bits per heavy atom. The molecule has 110 valence electrons. The zero-order valence-electron chi connectivity index (χ0n) is 11.7. The Hall–Kier alpha value is -2.05. The van der Waals surface area contributed by atoms with E-state index in [9.17, 15) is 9.59 Å². The van der Waals surface area contributed by atoms with E-state index in [2.05, 4.69) is 10.4 Å². The molecule has 1 saturated heterocycles. The molecule has 7 nitrogen and oxygen atoms in total. The normalized spacial score (nSPS) is 22.6. The van der Waals surface area contributed by atoms with Gasteiger partial charge in [-0.25, -0.2) is 9.48 Å². The number of hydrogen-bond acceptors (Lipinski definition) is 3. The van der Waals surface area contributed by atoms with Gasteiger partial charge in [0.1, 0.15) is 5.82 Å². The lowest BCUT2D eigenvalue weighted by Crippen LogP contribution is -2.47. The van der Waals surface area contributed by atoms with Crippen molar-refractivity contribution in [3.63, 3.8) is 0 Å². The summed E-state index contributed by atoms with van der Waals surface area (Å²) >= 11 is 0.